The molecule has 0 radical (unpaired) electrons. The Kier molecular flexibility index (Phi) is 5.52. The topological polar surface area (TPSA) is 76.1 Å². The van der Waals surface area contributed by atoms with E-state index in [1.165, 1.54) is 25.3 Å². The van der Waals surface area contributed by atoms with E-state index in [1.807, 2.05) is 0 Å². The van der Waals surface area contributed by atoms with E-state index in [2.05, 4.69) is 20.6 Å². The lowest BCUT2D eigenvalue weighted by atomic mass is 10.2. The molecule has 6 nitrogen and oxygen atoms in total. The van der Waals surface area contributed by atoms with Gasteiger partial charge in [-0.25, -0.2) is 14.4 Å². The molecular formula is C19H16ClFN4O2. The summed E-state index contributed by atoms with van der Waals surface area (Å²) in [5.41, 5.74) is 1.79. The van der Waals surface area contributed by atoms with Gasteiger partial charge in [0.05, 0.1) is 17.8 Å². The fourth-order valence-electron chi connectivity index (χ4n) is 2.38. The van der Waals surface area contributed by atoms with E-state index in [-0.39, 0.29) is 16.7 Å². The summed E-state index contributed by atoms with van der Waals surface area (Å²) in [6.07, 6.45) is 0. The highest BCUT2D eigenvalue weighted by Crippen LogP contribution is 2.24. The van der Waals surface area contributed by atoms with Gasteiger partial charge in [-0.1, -0.05) is 23.7 Å². The number of benzene rings is 2. The van der Waals surface area contributed by atoms with Gasteiger partial charge in [0.1, 0.15) is 17.3 Å². The molecule has 0 unspecified atom stereocenters. The Labute approximate surface area is 160 Å². The Morgan fingerprint density at radius 2 is 1.93 bits per heavy atom. The smallest absolute Gasteiger partial charge is 0.274 e. The summed E-state index contributed by atoms with van der Waals surface area (Å²) in [5, 5.41) is 5.65. The van der Waals surface area contributed by atoms with E-state index < -0.39 is 11.7 Å². The molecule has 0 fully saturated rings. The van der Waals surface area contributed by atoms with E-state index >= 15 is 0 Å². The Morgan fingerprint density at radius 3 is 2.67 bits per heavy atom. The Morgan fingerprint density at radius 1 is 1.15 bits per heavy atom. The van der Waals surface area contributed by atoms with Gasteiger partial charge in [-0.05, 0) is 43.3 Å². The Bertz CT molecular complexity index is 997. The van der Waals surface area contributed by atoms with Gasteiger partial charge in [-0.3, -0.25) is 4.79 Å². The van der Waals surface area contributed by atoms with Crippen LogP contribution in [0.4, 0.5) is 21.7 Å². The van der Waals surface area contributed by atoms with Crippen molar-refractivity contribution in [2.45, 2.75) is 6.92 Å². The van der Waals surface area contributed by atoms with Gasteiger partial charge in [0.2, 0.25) is 5.95 Å². The SMILES string of the molecule is COc1ccccc1NC(=O)c1cc(C)nc(Nc2ccc(F)c(Cl)c2)n1. The number of methoxy groups -OCH3 is 1. The van der Waals surface area contributed by atoms with Crippen LogP contribution in [-0.2, 0) is 0 Å². The third-order valence-corrected chi connectivity index (χ3v) is 3.91. The van der Waals surface area contributed by atoms with Crippen LogP contribution in [0.5, 0.6) is 5.75 Å². The van der Waals surface area contributed by atoms with Crippen LogP contribution in [0.2, 0.25) is 5.02 Å². The summed E-state index contributed by atoms with van der Waals surface area (Å²) in [4.78, 5) is 21.0. The van der Waals surface area contributed by atoms with E-state index in [9.17, 15) is 9.18 Å². The van der Waals surface area contributed by atoms with Crippen LogP contribution in [0.15, 0.2) is 48.5 Å². The Hall–Kier alpha value is -3.19. The first-order valence-corrected chi connectivity index (χ1v) is 8.36. The average Bonchev–Trinajstić information content (AvgIpc) is 2.64. The van der Waals surface area contributed by atoms with Crippen LogP contribution in [0.25, 0.3) is 0 Å². The molecule has 2 N–H and O–H groups in total. The molecule has 1 aromatic heterocycles. The lowest BCUT2D eigenvalue weighted by Gasteiger charge is -2.11. The van der Waals surface area contributed by atoms with Crippen molar-refractivity contribution in [1.29, 1.82) is 0 Å². The first kappa shape index (κ1) is 18.6. The molecule has 1 heterocycles. The average molecular weight is 387 g/mol. The lowest BCUT2D eigenvalue weighted by molar-refractivity contribution is 0.102. The molecule has 1 amide bonds. The van der Waals surface area contributed by atoms with Gasteiger partial charge >= 0.3 is 0 Å². The summed E-state index contributed by atoms with van der Waals surface area (Å²) < 4.78 is 18.5. The molecule has 0 bridgehead atoms. The zero-order valence-electron chi connectivity index (χ0n) is 14.6. The van der Waals surface area contributed by atoms with Crippen LogP contribution in [-0.4, -0.2) is 23.0 Å². The number of carbonyl (C=O) groups excluding carboxylic acids is 1. The van der Waals surface area contributed by atoms with Crippen LogP contribution in [0, 0.1) is 12.7 Å². The summed E-state index contributed by atoms with van der Waals surface area (Å²) in [7, 11) is 1.52. The van der Waals surface area contributed by atoms with E-state index in [1.54, 1.807) is 37.3 Å². The minimum atomic E-state index is -0.524. The predicted molar refractivity (Wildman–Crippen MR) is 102 cm³/mol. The highest BCUT2D eigenvalue weighted by molar-refractivity contribution is 6.31. The second kappa shape index (κ2) is 8.01. The number of halogens is 2. The molecule has 0 aliphatic rings. The Balaban J connectivity index is 1.84. The molecular weight excluding hydrogens is 371 g/mol. The number of ether oxygens (including phenoxy) is 1. The van der Waals surface area contributed by atoms with Crippen molar-refractivity contribution >= 4 is 34.8 Å². The van der Waals surface area contributed by atoms with Crippen molar-refractivity contribution in [3.05, 3.63) is 70.8 Å². The fraction of sp³-hybridized carbons (Fsp3) is 0.105. The lowest BCUT2D eigenvalue weighted by Crippen LogP contribution is -2.16. The number of para-hydroxylation sites is 2. The number of hydrogen-bond donors (Lipinski definition) is 2. The number of carbonyl (C=O) groups is 1. The van der Waals surface area contributed by atoms with Crippen molar-refractivity contribution in [1.82, 2.24) is 9.97 Å². The van der Waals surface area contributed by atoms with E-state index in [4.69, 9.17) is 16.3 Å². The molecule has 27 heavy (non-hydrogen) atoms. The standard InChI is InChI=1S/C19H16ClFN4O2/c1-11-9-16(18(26)24-15-5-3-4-6-17(15)27-2)25-19(22-11)23-12-7-8-14(21)13(20)10-12/h3-10H,1-2H3,(H,24,26)(H,22,23,25). The summed E-state index contributed by atoms with van der Waals surface area (Å²) in [6.45, 7) is 1.74. The highest BCUT2D eigenvalue weighted by Gasteiger charge is 2.13. The number of amides is 1. The summed E-state index contributed by atoms with van der Waals surface area (Å²) in [6, 6.07) is 12.8. The summed E-state index contributed by atoms with van der Waals surface area (Å²) >= 11 is 5.78. The molecule has 0 spiro atoms. The molecule has 8 heteroatoms. The molecule has 0 aliphatic heterocycles. The van der Waals surface area contributed by atoms with Gasteiger partial charge in [0.25, 0.3) is 5.91 Å². The van der Waals surface area contributed by atoms with E-state index in [0.717, 1.165) is 0 Å². The normalized spacial score (nSPS) is 10.4. The van der Waals surface area contributed by atoms with Crippen molar-refractivity contribution in [2.75, 3.05) is 17.7 Å². The molecule has 3 rings (SSSR count). The zero-order chi connectivity index (χ0) is 19.4. The monoisotopic (exact) mass is 386 g/mol. The maximum Gasteiger partial charge on any atom is 0.274 e. The second-order valence-corrected chi connectivity index (χ2v) is 6.03. The third kappa shape index (κ3) is 4.51. The predicted octanol–water partition coefficient (Wildman–Crippen LogP) is 4.58. The minimum Gasteiger partial charge on any atom is -0.495 e. The highest BCUT2D eigenvalue weighted by atomic mass is 35.5. The molecule has 0 saturated carbocycles. The van der Waals surface area contributed by atoms with Crippen LogP contribution in [0.3, 0.4) is 0 Å². The number of nitrogens with one attached hydrogen (secondary N) is 2. The fourth-order valence-corrected chi connectivity index (χ4v) is 2.56. The largest absolute Gasteiger partial charge is 0.495 e. The van der Waals surface area contributed by atoms with Crippen LogP contribution < -0.4 is 15.4 Å². The number of hydrogen-bond acceptors (Lipinski definition) is 5. The molecule has 0 aliphatic carbocycles. The first-order chi connectivity index (χ1) is 13.0. The van der Waals surface area contributed by atoms with Gasteiger partial charge in [-0.15, -0.1) is 0 Å². The molecule has 138 valence electrons. The number of aromatic nitrogens is 2. The molecule has 0 saturated heterocycles. The number of nitrogens with zero attached hydrogens (tertiary/aromatic N) is 2. The molecule has 3 aromatic rings. The van der Waals surface area contributed by atoms with Gasteiger partial charge in [-0.2, -0.15) is 0 Å². The number of anilines is 3. The molecule has 0 atom stereocenters. The quantitative estimate of drug-likeness (QED) is 0.671. The maximum absolute atomic E-state index is 13.3. The first-order valence-electron chi connectivity index (χ1n) is 7.98. The van der Waals surface area contributed by atoms with Gasteiger partial charge in [0.15, 0.2) is 0 Å². The van der Waals surface area contributed by atoms with Crippen molar-refractivity contribution in [2.24, 2.45) is 0 Å². The van der Waals surface area contributed by atoms with E-state index in [0.29, 0.717) is 22.8 Å². The van der Waals surface area contributed by atoms with Crippen molar-refractivity contribution in [3.8, 4) is 5.75 Å². The van der Waals surface area contributed by atoms with Crippen LogP contribution >= 0.6 is 11.6 Å². The number of aryl methyl sites for hydroxylation is 1. The number of rotatable bonds is 5. The van der Waals surface area contributed by atoms with Crippen LogP contribution in [0.1, 0.15) is 16.2 Å². The minimum absolute atomic E-state index is 0.0261. The molecule has 2 aromatic carbocycles. The maximum atomic E-state index is 13.3. The second-order valence-electron chi connectivity index (χ2n) is 5.63. The zero-order valence-corrected chi connectivity index (χ0v) is 15.3. The van der Waals surface area contributed by atoms with Crippen molar-refractivity contribution in [3.63, 3.8) is 0 Å². The summed E-state index contributed by atoms with van der Waals surface area (Å²) in [5.74, 6) is -0.201. The third-order valence-electron chi connectivity index (χ3n) is 3.62. The van der Waals surface area contributed by atoms with Gasteiger partial charge in [0, 0.05) is 11.4 Å². The van der Waals surface area contributed by atoms with Gasteiger partial charge < -0.3 is 15.4 Å². The van der Waals surface area contributed by atoms with Crippen molar-refractivity contribution < 1.29 is 13.9 Å².